The van der Waals surface area contributed by atoms with Crippen molar-refractivity contribution >= 4 is 5.91 Å². The second-order valence-electron chi connectivity index (χ2n) is 6.70. The van der Waals surface area contributed by atoms with E-state index in [2.05, 4.69) is 9.97 Å². The van der Waals surface area contributed by atoms with Crippen LogP contribution in [0.5, 0.6) is 0 Å². The van der Waals surface area contributed by atoms with Crippen molar-refractivity contribution in [2.45, 2.75) is 31.8 Å². The fourth-order valence-corrected chi connectivity index (χ4v) is 3.24. The number of benzene rings is 1. The number of hydrogen-bond donors (Lipinski definition) is 0. The van der Waals surface area contributed by atoms with Gasteiger partial charge in [-0.05, 0) is 50.7 Å². The lowest BCUT2D eigenvalue weighted by Gasteiger charge is -2.24. The number of rotatable bonds is 5. The first-order chi connectivity index (χ1) is 12.0. The summed E-state index contributed by atoms with van der Waals surface area (Å²) < 4.78 is 13.3. The molecule has 1 aliphatic heterocycles. The maximum absolute atomic E-state index is 13.3. The Morgan fingerprint density at radius 3 is 2.96 bits per heavy atom. The molecule has 2 heterocycles. The van der Waals surface area contributed by atoms with Crippen molar-refractivity contribution < 1.29 is 9.18 Å². The van der Waals surface area contributed by atoms with Crippen molar-refractivity contribution in [3.8, 4) is 0 Å². The fourth-order valence-electron chi connectivity index (χ4n) is 3.24. The van der Waals surface area contributed by atoms with E-state index in [9.17, 15) is 9.18 Å². The molecule has 0 N–H and O–H groups in total. The molecule has 3 rings (SSSR count). The van der Waals surface area contributed by atoms with Gasteiger partial charge in [-0.2, -0.15) is 0 Å². The van der Waals surface area contributed by atoms with E-state index in [-0.39, 0.29) is 24.2 Å². The zero-order valence-corrected chi connectivity index (χ0v) is 14.7. The van der Waals surface area contributed by atoms with Crippen molar-refractivity contribution in [2.24, 2.45) is 0 Å². The zero-order valence-electron chi connectivity index (χ0n) is 14.7. The molecule has 5 nitrogen and oxygen atoms in total. The molecule has 1 amide bonds. The predicted molar refractivity (Wildman–Crippen MR) is 93.2 cm³/mol. The fraction of sp³-hybridized carbons (Fsp3) is 0.421. The monoisotopic (exact) mass is 342 g/mol. The molecule has 0 aliphatic carbocycles. The van der Waals surface area contributed by atoms with Crippen molar-refractivity contribution in [2.75, 3.05) is 20.6 Å². The van der Waals surface area contributed by atoms with E-state index in [4.69, 9.17) is 0 Å². The van der Waals surface area contributed by atoms with Crippen LogP contribution in [0.4, 0.5) is 4.39 Å². The van der Waals surface area contributed by atoms with Gasteiger partial charge < -0.3 is 9.80 Å². The van der Waals surface area contributed by atoms with Crippen molar-refractivity contribution in [1.29, 1.82) is 0 Å². The van der Waals surface area contributed by atoms with Crippen LogP contribution >= 0.6 is 0 Å². The molecule has 1 atom stereocenters. The molecule has 1 aliphatic rings. The highest BCUT2D eigenvalue weighted by atomic mass is 19.1. The van der Waals surface area contributed by atoms with Crippen LogP contribution in [0.25, 0.3) is 0 Å². The van der Waals surface area contributed by atoms with Gasteiger partial charge in [-0.15, -0.1) is 0 Å². The van der Waals surface area contributed by atoms with E-state index in [0.717, 1.165) is 25.1 Å². The molecule has 2 aromatic rings. The third kappa shape index (κ3) is 4.39. The SMILES string of the molecule is CN(C)Cc1ccnc([C@H]2CCCN2C(=O)Cc2cccc(F)c2)n1. The lowest BCUT2D eigenvalue weighted by Crippen LogP contribution is -2.33. The second-order valence-corrected chi connectivity index (χ2v) is 6.70. The van der Waals surface area contributed by atoms with Gasteiger partial charge in [0.05, 0.1) is 18.2 Å². The van der Waals surface area contributed by atoms with E-state index in [1.165, 1.54) is 12.1 Å². The predicted octanol–water partition coefficient (Wildman–Crippen LogP) is 2.58. The van der Waals surface area contributed by atoms with Gasteiger partial charge in [-0.3, -0.25) is 4.79 Å². The van der Waals surface area contributed by atoms with E-state index in [1.54, 1.807) is 18.3 Å². The largest absolute Gasteiger partial charge is 0.332 e. The van der Waals surface area contributed by atoms with Crippen LogP contribution in [-0.4, -0.2) is 46.3 Å². The van der Waals surface area contributed by atoms with Gasteiger partial charge in [0.15, 0.2) is 5.82 Å². The number of amides is 1. The van der Waals surface area contributed by atoms with Crippen LogP contribution in [-0.2, 0) is 17.8 Å². The lowest BCUT2D eigenvalue weighted by atomic mass is 10.1. The maximum Gasteiger partial charge on any atom is 0.227 e. The van der Waals surface area contributed by atoms with E-state index < -0.39 is 0 Å². The van der Waals surface area contributed by atoms with Gasteiger partial charge in [0.2, 0.25) is 5.91 Å². The van der Waals surface area contributed by atoms with Crippen LogP contribution in [0, 0.1) is 5.82 Å². The number of likely N-dealkylation sites (tertiary alicyclic amines) is 1. The molecule has 0 bridgehead atoms. The first-order valence-corrected chi connectivity index (χ1v) is 8.53. The van der Waals surface area contributed by atoms with Crippen molar-refractivity contribution in [3.05, 3.63) is 59.4 Å². The Morgan fingerprint density at radius 2 is 2.20 bits per heavy atom. The normalized spacial score (nSPS) is 17.3. The highest BCUT2D eigenvalue weighted by molar-refractivity contribution is 5.79. The molecule has 1 saturated heterocycles. The minimum Gasteiger partial charge on any atom is -0.332 e. The Hall–Kier alpha value is -2.34. The molecule has 25 heavy (non-hydrogen) atoms. The summed E-state index contributed by atoms with van der Waals surface area (Å²) in [5, 5.41) is 0. The number of carbonyl (C=O) groups excluding carboxylic acids is 1. The molecular weight excluding hydrogens is 319 g/mol. The Bertz CT molecular complexity index is 750. The van der Waals surface area contributed by atoms with Gasteiger partial charge in [-0.25, -0.2) is 14.4 Å². The van der Waals surface area contributed by atoms with Crippen LogP contribution in [0.3, 0.4) is 0 Å². The molecular formula is C19H23FN4O. The van der Waals surface area contributed by atoms with Gasteiger partial charge >= 0.3 is 0 Å². The van der Waals surface area contributed by atoms with Crippen LogP contribution in [0.15, 0.2) is 36.5 Å². The minimum absolute atomic E-state index is 0.00490. The summed E-state index contributed by atoms with van der Waals surface area (Å²) in [5.74, 6) is 0.377. The van der Waals surface area contributed by atoms with Gasteiger partial charge in [0.1, 0.15) is 5.82 Å². The lowest BCUT2D eigenvalue weighted by molar-refractivity contribution is -0.131. The van der Waals surface area contributed by atoms with Crippen molar-refractivity contribution in [3.63, 3.8) is 0 Å². The second kappa shape index (κ2) is 7.70. The third-order valence-electron chi connectivity index (χ3n) is 4.33. The van der Waals surface area contributed by atoms with Crippen LogP contribution < -0.4 is 0 Å². The Kier molecular flexibility index (Phi) is 5.38. The molecule has 0 spiro atoms. The molecule has 0 radical (unpaired) electrons. The average Bonchev–Trinajstić information content (AvgIpc) is 3.04. The summed E-state index contributed by atoms with van der Waals surface area (Å²) in [7, 11) is 3.98. The van der Waals surface area contributed by atoms with E-state index in [0.29, 0.717) is 17.9 Å². The maximum atomic E-state index is 13.3. The minimum atomic E-state index is -0.317. The Morgan fingerprint density at radius 1 is 1.36 bits per heavy atom. The first kappa shape index (κ1) is 17.5. The number of hydrogen-bond acceptors (Lipinski definition) is 4. The topological polar surface area (TPSA) is 49.3 Å². The van der Waals surface area contributed by atoms with Crippen LogP contribution in [0.2, 0.25) is 0 Å². The highest BCUT2D eigenvalue weighted by Crippen LogP contribution is 2.30. The van der Waals surface area contributed by atoms with E-state index >= 15 is 0 Å². The number of nitrogens with zero attached hydrogens (tertiary/aromatic N) is 4. The van der Waals surface area contributed by atoms with Gasteiger partial charge in [0, 0.05) is 19.3 Å². The smallest absolute Gasteiger partial charge is 0.227 e. The summed E-state index contributed by atoms with van der Waals surface area (Å²) >= 11 is 0. The quantitative estimate of drug-likeness (QED) is 0.838. The zero-order chi connectivity index (χ0) is 17.8. The number of halogens is 1. The molecule has 132 valence electrons. The molecule has 1 fully saturated rings. The standard InChI is InChI=1S/C19H23FN4O/c1-23(2)13-16-8-9-21-19(22-16)17-7-4-10-24(17)18(25)12-14-5-3-6-15(20)11-14/h3,5-6,8-9,11,17H,4,7,10,12-13H2,1-2H3/t17-/m1/s1. The van der Waals surface area contributed by atoms with Crippen molar-refractivity contribution in [1.82, 2.24) is 19.8 Å². The van der Waals surface area contributed by atoms with Crippen LogP contribution in [0.1, 0.15) is 36.0 Å². The Labute approximate surface area is 147 Å². The average molecular weight is 342 g/mol. The summed E-state index contributed by atoms with van der Waals surface area (Å²) in [6, 6.07) is 8.02. The first-order valence-electron chi connectivity index (χ1n) is 8.53. The molecule has 0 unspecified atom stereocenters. The molecule has 1 aromatic heterocycles. The Balaban J connectivity index is 1.75. The highest BCUT2D eigenvalue weighted by Gasteiger charge is 2.31. The number of carbonyl (C=O) groups is 1. The molecule has 6 heteroatoms. The van der Waals surface area contributed by atoms with Gasteiger partial charge in [-0.1, -0.05) is 12.1 Å². The summed E-state index contributed by atoms with van der Waals surface area (Å²) in [4.78, 5) is 25.6. The third-order valence-corrected chi connectivity index (χ3v) is 4.33. The summed E-state index contributed by atoms with van der Waals surface area (Å²) in [6.45, 7) is 1.43. The summed E-state index contributed by atoms with van der Waals surface area (Å²) in [6.07, 6.45) is 3.75. The summed E-state index contributed by atoms with van der Waals surface area (Å²) in [5.41, 5.74) is 1.64. The van der Waals surface area contributed by atoms with Gasteiger partial charge in [0.25, 0.3) is 0 Å². The number of aromatic nitrogens is 2. The molecule has 1 aromatic carbocycles. The van der Waals surface area contributed by atoms with E-state index in [1.807, 2.05) is 30.0 Å². The molecule has 0 saturated carbocycles.